The summed E-state index contributed by atoms with van der Waals surface area (Å²) in [7, 11) is -4.27. The van der Waals surface area contributed by atoms with E-state index in [9.17, 15) is 26.4 Å². The second kappa shape index (κ2) is 9.33. The second-order valence-electron chi connectivity index (χ2n) is 7.69. The average molecular weight is 534 g/mol. The highest BCUT2D eigenvalue weighted by Crippen LogP contribution is 2.43. The Kier molecular flexibility index (Phi) is 6.56. The molecule has 0 atom stereocenters. The molecular weight excluding hydrogens is 515 g/mol. The van der Waals surface area contributed by atoms with Gasteiger partial charge in [0, 0.05) is 5.56 Å². The van der Waals surface area contributed by atoms with Gasteiger partial charge in [-0.2, -0.15) is 18.3 Å². The molecule has 0 bridgehead atoms. The molecule has 13 heteroatoms. The van der Waals surface area contributed by atoms with Crippen molar-refractivity contribution in [3.05, 3.63) is 89.5 Å². The van der Waals surface area contributed by atoms with Gasteiger partial charge in [-0.1, -0.05) is 54.6 Å². The molecule has 0 radical (unpaired) electrons. The van der Waals surface area contributed by atoms with Crippen LogP contribution >= 0.6 is 12.2 Å². The smallest absolute Gasteiger partial charge is 0.374 e. The van der Waals surface area contributed by atoms with Gasteiger partial charge in [0.2, 0.25) is 10.0 Å². The zero-order valence-electron chi connectivity index (χ0n) is 18.3. The van der Waals surface area contributed by atoms with Crippen molar-refractivity contribution in [2.45, 2.75) is 17.6 Å². The third kappa shape index (κ3) is 4.80. The highest BCUT2D eigenvalue weighted by molar-refractivity contribution is 7.89. The lowest BCUT2D eigenvalue weighted by molar-refractivity contribution is -0.137. The summed E-state index contributed by atoms with van der Waals surface area (Å²) in [4.78, 5) is 14.1. The third-order valence-corrected chi connectivity index (χ3v) is 6.44. The Hall–Kier alpha value is -3.81. The number of carbonyl (C=O) groups is 1. The molecule has 0 saturated carbocycles. The first kappa shape index (κ1) is 25.3. The van der Waals surface area contributed by atoms with Crippen molar-refractivity contribution in [3.8, 4) is 0 Å². The minimum absolute atomic E-state index is 0.111. The van der Waals surface area contributed by atoms with E-state index >= 15 is 0 Å². The summed E-state index contributed by atoms with van der Waals surface area (Å²) < 4.78 is 66.0. The van der Waals surface area contributed by atoms with E-state index in [4.69, 9.17) is 23.1 Å². The summed E-state index contributed by atoms with van der Waals surface area (Å²) in [6.07, 6.45) is -4.76. The Morgan fingerprint density at radius 1 is 1.00 bits per heavy atom. The van der Waals surface area contributed by atoms with Crippen LogP contribution in [-0.4, -0.2) is 25.1 Å². The summed E-state index contributed by atoms with van der Waals surface area (Å²) in [5.41, 5.74) is 4.30. The predicted octanol–water partition coefficient (Wildman–Crippen LogP) is 3.35. The maximum Gasteiger partial charge on any atom is 0.418 e. The molecule has 8 nitrogen and oxygen atoms in total. The predicted molar refractivity (Wildman–Crippen MR) is 133 cm³/mol. The number of rotatable bonds is 5. The van der Waals surface area contributed by atoms with Crippen LogP contribution in [0.15, 0.2) is 82.8 Å². The zero-order chi connectivity index (χ0) is 26.3. The molecule has 1 aliphatic rings. The largest absolute Gasteiger partial charge is 0.418 e. The fraction of sp³-hybridized carbons (Fsp3) is 0.0870. The molecule has 0 aliphatic carbocycles. The van der Waals surface area contributed by atoms with E-state index in [1.807, 2.05) is 0 Å². The van der Waals surface area contributed by atoms with Crippen molar-refractivity contribution in [2.24, 2.45) is 16.0 Å². The van der Waals surface area contributed by atoms with Gasteiger partial charge in [0.25, 0.3) is 5.91 Å². The summed E-state index contributed by atoms with van der Waals surface area (Å²) in [6, 6.07) is 17.2. The van der Waals surface area contributed by atoms with Crippen molar-refractivity contribution in [1.29, 1.82) is 0 Å². The number of hydrogen-bond donors (Lipinski definition) is 2. The van der Waals surface area contributed by atoms with Crippen LogP contribution in [0.5, 0.6) is 0 Å². The number of hydrogen-bond acceptors (Lipinski definition) is 5. The van der Waals surface area contributed by atoms with E-state index in [1.54, 1.807) is 30.3 Å². The first-order chi connectivity index (χ1) is 16.9. The number of nitrogens with zero attached hydrogens (tertiary/aromatic N) is 3. The number of thiocarbonyl (C=S) groups is 1. The van der Waals surface area contributed by atoms with E-state index in [-0.39, 0.29) is 23.5 Å². The molecule has 3 aromatic rings. The van der Waals surface area contributed by atoms with Gasteiger partial charge in [-0.15, -0.1) is 0 Å². The maximum absolute atomic E-state index is 13.9. The van der Waals surface area contributed by atoms with Gasteiger partial charge in [-0.3, -0.25) is 4.79 Å². The summed E-state index contributed by atoms with van der Waals surface area (Å²) in [6.45, 7) is -0.167. The van der Waals surface area contributed by atoms with E-state index < -0.39 is 43.4 Å². The standard InChI is InChI=1S/C23H18F3N5O3S2/c24-23(25,26)16-10-6-9-15-19(21(32)30(20(15)16)13-14-7-2-1-3-8-14)29-31(22(27)35)17-11-4-5-12-18(17)36(28,33)34/h1-12H,13H2,(H2,27,35)(H2,28,33,34)/b29-19-. The molecule has 3 aromatic carbocycles. The molecule has 4 N–H and O–H groups in total. The van der Waals surface area contributed by atoms with Gasteiger partial charge < -0.3 is 10.6 Å². The molecule has 1 aliphatic heterocycles. The molecule has 0 fully saturated rings. The van der Waals surface area contributed by atoms with Gasteiger partial charge in [0.1, 0.15) is 4.90 Å². The normalized spacial score (nSPS) is 14.7. The number of para-hydroxylation sites is 2. The van der Waals surface area contributed by atoms with Crippen LogP contribution in [0.1, 0.15) is 16.7 Å². The van der Waals surface area contributed by atoms with Crippen molar-refractivity contribution in [2.75, 3.05) is 9.91 Å². The lowest BCUT2D eigenvalue weighted by Gasteiger charge is -2.21. The third-order valence-electron chi connectivity index (χ3n) is 5.31. The van der Waals surface area contributed by atoms with Crippen molar-refractivity contribution >= 4 is 50.3 Å². The summed E-state index contributed by atoms with van der Waals surface area (Å²) in [5.74, 6) is -0.847. The van der Waals surface area contributed by atoms with E-state index in [1.165, 1.54) is 30.3 Å². The SMILES string of the molecule is NC(=S)N(/N=C1\C(=O)N(Cc2ccccc2)c2c1cccc2C(F)(F)F)c1ccccc1S(N)(=O)=O. The van der Waals surface area contributed by atoms with Crippen LogP contribution in [0.25, 0.3) is 0 Å². The molecule has 0 saturated heterocycles. The number of hydrazone groups is 1. The van der Waals surface area contributed by atoms with Gasteiger partial charge >= 0.3 is 6.18 Å². The Balaban J connectivity index is 1.93. The van der Waals surface area contributed by atoms with Gasteiger partial charge in [0.05, 0.1) is 23.5 Å². The topological polar surface area (TPSA) is 122 Å². The summed E-state index contributed by atoms with van der Waals surface area (Å²) >= 11 is 5.03. The van der Waals surface area contributed by atoms with Crippen LogP contribution in [-0.2, 0) is 27.5 Å². The Morgan fingerprint density at radius 2 is 1.64 bits per heavy atom. The fourth-order valence-corrected chi connectivity index (χ4v) is 4.66. The van der Waals surface area contributed by atoms with Crippen LogP contribution < -0.4 is 20.8 Å². The lowest BCUT2D eigenvalue weighted by atomic mass is 10.1. The monoisotopic (exact) mass is 533 g/mol. The Morgan fingerprint density at radius 3 is 2.25 bits per heavy atom. The number of anilines is 2. The van der Waals surface area contributed by atoms with Gasteiger partial charge in [-0.05, 0) is 36.0 Å². The molecular formula is C23H18F3N5O3S2. The van der Waals surface area contributed by atoms with Crippen LogP contribution in [0.3, 0.4) is 0 Å². The van der Waals surface area contributed by atoms with E-state index in [0.717, 1.165) is 22.0 Å². The number of alkyl halides is 3. The first-order valence-corrected chi connectivity index (χ1v) is 12.2. The Labute approximate surface area is 209 Å². The second-order valence-corrected chi connectivity index (χ2v) is 9.64. The number of fused-ring (bicyclic) bond motifs is 1. The highest BCUT2D eigenvalue weighted by atomic mass is 32.2. The van der Waals surface area contributed by atoms with Crippen molar-refractivity contribution in [1.82, 2.24) is 0 Å². The first-order valence-electron chi connectivity index (χ1n) is 10.3. The number of benzene rings is 3. The van der Waals surface area contributed by atoms with Crippen LogP contribution in [0.4, 0.5) is 24.5 Å². The number of amides is 1. The average Bonchev–Trinajstić information content (AvgIpc) is 3.07. The number of primary sulfonamides is 1. The minimum atomic E-state index is -4.76. The van der Waals surface area contributed by atoms with E-state index in [2.05, 4.69) is 5.10 Å². The molecule has 36 heavy (non-hydrogen) atoms. The fourth-order valence-electron chi connectivity index (χ4n) is 3.81. The Bertz CT molecular complexity index is 1490. The van der Waals surface area contributed by atoms with Gasteiger partial charge in [0.15, 0.2) is 10.8 Å². The number of halogens is 3. The molecule has 0 spiro atoms. The molecule has 1 amide bonds. The minimum Gasteiger partial charge on any atom is -0.374 e. The molecule has 0 aromatic heterocycles. The number of carbonyl (C=O) groups excluding carboxylic acids is 1. The lowest BCUT2D eigenvalue weighted by Crippen LogP contribution is -2.36. The quantitative estimate of drug-likeness (QED) is 0.383. The van der Waals surface area contributed by atoms with Gasteiger partial charge in [-0.25, -0.2) is 18.6 Å². The van der Waals surface area contributed by atoms with Crippen molar-refractivity contribution in [3.63, 3.8) is 0 Å². The molecule has 0 unspecified atom stereocenters. The van der Waals surface area contributed by atoms with Crippen molar-refractivity contribution < 1.29 is 26.4 Å². The van der Waals surface area contributed by atoms with Crippen LogP contribution in [0.2, 0.25) is 0 Å². The zero-order valence-corrected chi connectivity index (χ0v) is 19.9. The van der Waals surface area contributed by atoms with E-state index in [0.29, 0.717) is 5.56 Å². The van der Waals surface area contributed by atoms with Crippen LogP contribution in [0, 0.1) is 0 Å². The maximum atomic E-state index is 13.9. The molecule has 4 rings (SSSR count). The molecule has 1 heterocycles. The summed E-state index contributed by atoms with van der Waals surface area (Å²) in [5, 5.41) is 9.79. The highest BCUT2D eigenvalue weighted by Gasteiger charge is 2.43. The number of sulfonamides is 1. The molecule has 186 valence electrons. The number of nitrogens with two attached hydrogens (primary N) is 2.